The zero-order valence-corrected chi connectivity index (χ0v) is 10.1. The Morgan fingerprint density at radius 3 is 2.88 bits per heavy atom. The molecule has 2 rings (SSSR count). The summed E-state index contributed by atoms with van der Waals surface area (Å²) in [7, 11) is 0. The van der Waals surface area contributed by atoms with Crippen LogP contribution in [0.2, 0.25) is 0 Å². The standard InChI is InChI=1S/C14H20FN/c1-3-11-6-7-14(16,9-11)13-8-12(15)5-4-10(13)2/h4-5,8,11H,3,6-7,9,16H2,1-2H3. The molecule has 1 aliphatic rings. The van der Waals surface area contributed by atoms with Gasteiger partial charge in [0.1, 0.15) is 5.82 Å². The van der Waals surface area contributed by atoms with E-state index in [-0.39, 0.29) is 11.4 Å². The molecule has 88 valence electrons. The third kappa shape index (κ3) is 1.99. The quantitative estimate of drug-likeness (QED) is 0.812. The minimum atomic E-state index is -0.299. The summed E-state index contributed by atoms with van der Waals surface area (Å²) in [5, 5.41) is 0. The van der Waals surface area contributed by atoms with Crippen molar-refractivity contribution in [2.45, 2.75) is 45.1 Å². The second-order valence-electron chi connectivity index (χ2n) is 5.13. The first-order chi connectivity index (χ1) is 7.55. The van der Waals surface area contributed by atoms with Gasteiger partial charge >= 0.3 is 0 Å². The SMILES string of the molecule is CCC1CCC(N)(c2cc(F)ccc2C)C1. The van der Waals surface area contributed by atoms with Crippen molar-refractivity contribution in [1.82, 2.24) is 0 Å². The lowest BCUT2D eigenvalue weighted by molar-refractivity contribution is 0.420. The number of halogens is 1. The average Bonchev–Trinajstić information content (AvgIpc) is 2.65. The van der Waals surface area contributed by atoms with Crippen molar-refractivity contribution in [1.29, 1.82) is 0 Å². The van der Waals surface area contributed by atoms with Gasteiger partial charge in [0.15, 0.2) is 0 Å². The van der Waals surface area contributed by atoms with Gasteiger partial charge in [0, 0.05) is 5.54 Å². The highest BCUT2D eigenvalue weighted by Gasteiger charge is 2.37. The highest BCUT2D eigenvalue weighted by molar-refractivity contribution is 5.34. The van der Waals surface area contributed by atoms with Crippen molar-refractivity contribution in [2.24, 2.45) is 11.7 Å². The number of hydrogen-bond acceptors (Lipinski definition) is 1. The monoisotopic (exact) mass is 221 g/mol. The topological polar surface area (TPSA) is 26.0 Å². The van der Waals surface area contributed by atoms with Gasteiger partial charge in [0.05, 0.1) is 0 Å². The van der Waals surface area contributed by atoms with E-state index in [2.05, 4.69) is 6.92 Å². The van der Waals surface area contributed by atoms with Crippen molar-refractivity contribution in [2.75, 3.05) is 0 Å². The zero-order chi connectivity index (χ0) is 11.8. The van der Waals surface area contributed by atoms with Gasteiger partial charge in [-0.15, -0.1) is 0 Å². The van der Waals surface area contributed by atoms with E-state index in [1.807, 2.05) is 13.0 Å². The smallest absolute Gasteiger partial charge is 0.123 e. The molecule has 0 heterocycles. The first kappa shape index (κ1) is 11.6. The number of benzene rings is 1. The zero-order valence-electron chi connectivity index (χ0n) is 10.1. The van der Waals surface area contributed by atoms with Gasteiger partial charge in [-0.3, -0.25) is 0 Å². The summed E-state index contributed by atoms with van der Waals surface area (Å²) in [5.41, 5.74) is 8.27. The molecule has 0 bridgehead atoms. The van der Waals surface area contributed by atoms with Gasteiger partial charge in [0.2, 0.25) is 0 Å². The molecule has 1 fully saturated rings. The minimum Gasteiger partial charge on any atom is -0.321 e. The molecular formula is C14H20FN. The van der Waals surface area contributed by atoms with E-state index in [1.165, 1.54) is 18.9 Å². The molecule has 1 nitrogen and oxygen atoms in total. The van der Waals surface area contributed by atoms with Crippen LogP contribution in [-0.4, -0.2) is 0 Å². The summed E-state index contributed by atoms with van der Waals surface area (Å²) in [6.45, 7) is 4.22. The van der Waals surface area contributed by atoms with Gasteiger partial charge in [-0.2, -0.15) is 0 Å². The molecule has 1 saturated carbocycles. The van der Waals surface area contributed by atoms with Crippen LogP contribution in [0, 0.1) is 18.7 Å². The lowest BCUT2D eigenvalue weighted by Gasteiger charge is -2.27. The van der Waals surface area contributed by atoms with Crippen molar-refractivity contribution in [3.05, 3.63) is 35.1 Å². The Labute approximate surface area is 96.9 Å². The van der Waals surface area contributed by atoms with Crippen molar-refractivity contribution >= 4 is 0 Å². The fourth-order valence-corrected chi connectivity index (χ4v) is 2.90. The molecule has 2 N–H and O–H groups in total. The van der Waals surface area contributed by atoms with E-state index in [0.717, 1.165) is 24.0 Å². The first-order valence-electron chi connectivity index (χ1n) is 6.10. The molecule has 16 heavy (non-hydrogen) atoms. The summed E-state index contributed by atoms with van der Waals surface area (Å²) in [6.07, 6.45) is 4.32. The second-order valence-corrected chi connectivity index (χ2v) is 5.13. The highest BCUT2D eigenvalue weighted by atomic mass is 19.1. The maximum Gasteiger partial charge on any atom is 0.123 e. The molecule has 0 aromatic heterocycles. The first-order valence-corrected chi connectivity index (χ1v) is 6.10. The molecule has 0 aliphatic heterocycles. The molecule has 2 atom stereocenters. The molecule has 2 heteroatoms. The summed E-state index contributed by atoms with van der Waals surface area (Å²) in [6, 6.07) is 4.96. The summed E-state index contributed by atoms with van der Waals surface area (Å²) < 4.78 is 13.3. The Kier molecular flexibility index (Phi) is 3.02. The van der Waals surface area contributed by atoms with Gasteiger partial charge in [-0.25, -0.2) is 4.39 Å². The number of rotatable bonds is 2. The maximum atomic E-state index is 13.3. The van der Waals surface area contributed by atoms with Crippen LogP contribution in [0.4, 0.5) is 4.39 Å². The van der Waals surface area contributed by atoms with E-state index in [9.17, 15) is 4.39 Å². The van der Waals surface area contributed by atoms with Gasteiger partial charge in [0.25, 0.3) is 0 Å². The van der Waals surface area contributed by atoms with E-state index in [4.69, 9.17) is 5.73 Å². The predicted molar refractivity (Wildman–Crippen MR) is 64.6 cm³/mol. The Balaban J connectivity index is 2.33. The van der Waals surface area contributed by atoms with Crippen molar-refractivity contribution < 1.29 is 4.39 Å². The second kappa shape index (κ2) is 4.17. The van der Waals surface area contributed by atoms with E-state index in [1.54, 1.807) is 6.07 Å². The molecule has 1 aromatic carbocycles. The third-order valence-electron chi connectivity index (χ3n) is 3.96. The van der Waals surface area contributed by atoms with Crippen LogP contribution < -0.4 is 5.73 Å². The lowest BCUT2D eigenvalue weighted by Crippen LogP contribution is -2.34. The van der Waals surface area contributed by atoms with Gasteiger partial charge in [-0.1, -0.05) is 19.4 Å². The predicted octanol–water partition coefficient (Wildman–Crippen LogP) is 3.50. The van der Waals surface area contributed by atoms with Gasteiger partial charge in [-0.05, 0) is 55.4 Å². The van der Waals surface area contributed by atoms with Crippen LogP contribution in [-0.2, 0) is 5.54 Å². The van der Waals surface area contributed by atoms with E-state index in [0.29, 0.717) is 5.92 Å². The Morgan fingerprint density at radius 2 is 2.25 bits per heavy atom. The average molecular weight is 221 g/mol. The van der Waals surface area contributed by atoms with E-state index >= 15 is 0 Å². The summed E-state index contributed by atoms with van der Waals surface area (Å²) in [5.74, 6) is 0.526. The number of nitrogens with two attached hydrogens (primary N) is 1. The van der Waals surface area contributed by atoms with Crippen LogP contribution >= 0.6 is 0 Å². The fourth-order valence-electron chi connectivity index (χ4n) is 2.90. The number of aryl methyl sites for hydroxylation is 1. The Bertz CT molecular complexity index is 388. The Hall–Kier alpha value is -0.890. The third-order valence-corrected chi connectivity index (χ3v) is 3.96. The van der Waals surface area contributed by atoms with Crippen LogP contribution in [0.1, 0.15) is 43.7 Å². The Morgan fingerprint density at radius 1 is 1.50 bits per heavy atom. The molecule has 0 saturated heterocycles. The molecular weight excluding hydrogens is 201 g/mol. The van der Waals surface area contributed by atoms with Crippen molar-refractivity contribution in [3.8, 4) is 0 Å². The molecule has 0 spiro atoms. The number of hydrogen-bond donors (Lipinski definition) is 1. The molecule has 1 aromatic rings. The van der Waals surface area contributed by atoms with Crippen molar-refractivity contribution in [3.63, 3.8) is 0 Å². The van der Waals surface area contributed by atoms with Crippen LogP contribution in [0.3, 0.4) is 0 Å². The summed E-state index contributed by atoms with van der Waals surface area (Å²) >= 11 is 0. The van der Waals surface area contributed by atoms with Gasteiger partial charge < -0.3 is 5.73 Å². The molecule has 2 unspecified atom stereocenters. The van der Waals surface area contributed by atoms with Crippen LogP contribution in [0.5, 0.6) is 0 Å². The molecule has 0 amide bonds. The summed E-state index contributed by atoms with van der Waals surface area (Å²) in [4.78, 5) is 0. The molecule has 1 aliphatic carbocycles. The largest absolute Gasteiger partial charge is 0.321 e. The molecule has 0 radical (unpaired) electrons. The fraction of sp³-hybridized carbons (Fsp3) is 0.571. The van der Waals surface area contributed by atoms with Crippen LogP contribution in [0.15, 0.2) is 18.2 Å². The maximum absolute atomic E-state index is 13.3. The minimum absolute atomic E-state index is 0.176. The van der Waals surface area contributed by atoms with E-state index < -0.39 is 0 Å². The normalized spacial score (nSPS) is 29.6. The lowest BCUT2D eigenvalue weighted by atomic mass is 9.85. The van der Waals surface area contributed by atoms with Crippen LogP contribution in [0.25, 0.3) is 0 Å². The highest BCUT2D eigenvalue weighted by Crippen LogP contribution is 2.42.